The average molecular weight is 441 g/mol. The smallest absolute Gasteiger partial charge is 0.731 e. The van der Waals surface area contributed by atoms with Crippen LogP contribution in [0.5, 0.6) is 0 Å². The SMILES string of the molecule is CCCCCCCCC1N(Cc2ccccc2)c2ccccc2N1S(=O)(=O)[O-].[K+]. The quantitative estimate of drug-likeness (QED) is 0.322. The molecule has 7 heteroatoms. The van der Waals surface area contributed by atoms with E-state index in [0.717, 1.165) is 34.8 Å². The molecule has 0 aliphatic carbocycles. The van der Waals surface area contributed by atoms with Crippen molar-refractivity contribution in [2.75, 3.05) is 9.21 Å². The zero-order valence-corrected chi connectivity index (χ0v) is 21.4. The summed E-state index contributed by atoms with van der Waals surface area (Å²) in [6.45, 7) is 2.76. The second-order valence-corrected chi connectivity index (χ2v) is 8.64. The standard InChI is InChI=1S/C22H30N2O3S.K/c1-2-3-4-5-6-10-17-22-23(18-19-13-8-7-9-14-19)20-15-11-12-16-21(20)24(22)28(25,26)27;/h7-9,11-16,22H,2-6,10,17-18H2,1H3,(H,25,26,27);/q;+1/p-1. The third kappa shape index (κ3) is 6.53. The van der Waals surface area contributed by atoms with E-state index in [1.54, 1.807) is 12.1 Å². The van der Waals surface area contributed by atoms with Gasteiger partial charge >= 0.3 is 51.4 Å². The Labute approximate surface area is 217 Å². The van der Waals surface area contributed by atoms with Crippen molar-refractivity contribution in [3.8, 4) is 0 Å². The summed E-state index contributed by atoms with van der Waals surface area (Å²) in [4.78, 5) is 2.06. The number of anilines is 2. The van der Waals surface area contributed by atoms with Crippen LogP contribution >= 0.6 is 0 Å². The maximum absolute atomic E-state index is 12.1. The molecule has 5 nitrogen and oxygen atoms in total. The van der Waals surface area contributed by atoms with Crippen molar-refractivity contribution in [2.45, 2.75) is 64.6 Å². The van der Waals surface area contributed by atoms with Gasteiger partial charge < -0.3 is 9.45 Å². The summed E-state index contributed by atoms with van der Waals surface area (Å²) in [5.41, 5.74) is 2.39. The summed E-state index contributed by atoms with van der Waals surface area (Å²) in [6.07, 6.45) is 6.93. The molecular weight excluding hydrogens is 411 g/mol. The molecule has 0 amide bonds. The molecule has 1 aliphatic rings. The molecule has 0 saturated heterocycles. The number of rotatable bonds is 10. The number of para-hydroxylation sites is 2. The fourth-order valence-corrected chi connectivity index (χ4v) is 4.87. The van der Waals surface area contributed by atoms with Crippen molar-refractivity contribution < 1.29 is 64.4 Å². The molecule has 152 valence electrons. The molecule has 1 heterocycles. The van der Waals surface area contributed by atoms with E-state index in [9.17, 15) is 13.0 Å². The largest absolute Gasteiger partial charge is 1.00 e. The van der Waals surface area contributed by atoms with Crippen LogP contribution in [0.4, 0.5) is 11.4 Å². The molecule has 2 aromatic rings. The predicted octanol–water partition coefficient (Wildman–Crippen LogP) is 2.05. The van der Waals surface area contributed by atoms with Crippen molar-refractivity contribution in [1.29, 1.82) is 0 Å². The zero-order valence-electron chi connectivity index (χ0n) is 17.5. The average Bonchev–Trinajstić information content (AvgIpc) is 2.99. The molecule has 29 heavy (non-hydrogen) atoms. The maximum atomic E-state index is 12.1. The van der Waals surface area contributed by atoms with Crippen molar-refractivity contribution in [3.05, 3.63) is 60.2 Å². The zero-order chi connectivity index (χ0) is 20.0. The Balaban J connectivity index is 0.00000300. The normalized spacial score (nSPS) is 15.9. The first kappa shape index (κ1) is 24.9. The Morgan fingerprint density at radius 2 is 1.45 bits per heavy atom. The summed E-state index contributed by atoms with van der Waals surface area (Å²) >= 11 is 0. The van der Waals surface area contributed by atoms with Crippen molar-refractivity contribution in [1.82, 2.24) is 0 Å². The van der Waals surface area contributed by atoms with Gasteiger partial charge in [0, 0.05) is 6.54 Å². The van der Waals surface area contributed by atoms with E-state index in [0.29, 0.717) is 18.7 Å². The molecule has 0 radical (unpaired) electrons. The third-order valence-corrected chi connectivity index (χ3v) is 6.23. The minimum absolute atomic E-state index is 0. The predicted molar refractivity (Wildman–Crippen MR) is 113 cm³/mol. The molecule has 1 aliphatic heterocycles. The molecule has 3 rings (SSSR count). The van der Waals surface area contributed by atoms with E-state index < -0.39 is 16.5 Å². The molecule has 0 saturated carbocycles. The number of nitrogens with zero attached hydrogens (tertiary/aromatic N) is 2. The molecule has 2 aromatic carbocycles. The fraction of sp³-hybridized carbons (Fsp3) is 0.455. The monoisotopic (exact) mass is 440 g/mol. The fourth-order valence-electron chi connectivity index (χ4n) is 3.96. The topological polar surface area (TPSA) is 63.7 Å². The number of hydrogen-bond acceptors (Lipinski definition) is 4. The van der Waals surface area contributed by atoms with Crippen LogP contribution in [0, 0.1) is 0 Å². The van der Waals surface area contributed by atoms with Crippen LogP contribution in [0.25, 0.3) is 0 Å². The second-order valence-electron chi connectivity index (χ2n) is 7.39. The first-order valence-electron chi connectivity index (χ1n) is 10.2. The van der Waals surface area contributed by atoms with Crippen LogP contribution in [0.15, 0.2) is 54.6 Å². The Hall–Kier alpha value is -0.414. The van der Waals surface area contributed by atoms with Gasteiger partial charge in [0.2, 0.25) is 0 Å². The third-order valence-electron chi connectivity index (χ3n) is 5.31. The van der Waals surface area contributed by atoms with Crippen LogP contribution in [0.3, 0.4) is 0 Å². The van der Waals surface area contributed by atoms with Gasteiger partial charge in [-0.3, -0.25) is 4.31 Å². The van der Waals surface area contributed by atoms with Crippen LogP contribution in [0.1, 0.15) is 57.4 Å². The molecule has 1 atom stereocenters. The van der Waals surface area contributed by atoms with Gasteiger partial charge in [-0.1, -0.05) is 81.5 Å². The summed E-state index contributed by atoms with van der Waals surface area (Å²) in [6, 6.07) is 17.3. The van der Waals surface area contributed by atoms with Crippen LogP contribution in [-0.4, -0.2) is 19.1 Å². The van der Waals surface area contributed by atoms with Gasteiger partial charge in [0.25, 0.3) is 0 Å². The number of benzene rings is 2. The van der Waals surface area contributed by atoms with Gasteiger partial charge in [-0.15, -0.1) is 0 Å². The van der Waals surface area contributed by atoms with E-state index in [1.165, 1.54) is 19.3 Å². The van der Waals surface area contributed by atoms with E-state index in [1.807, 2.05) is 42.5 Å². The molecule has 0 N–H and O–H groups in total. The Morgan fingerprint density at radius 3 is 2.10 bits per heavy atom. The maximum Gasteiger partial charge on any atom is 1.00 e. The van der Waals surface area contributed by atoms with Gasteiger partial charge in [-0.25, -0.2) is 8.42 Å². The molecule has 0 spiro atoms. The Morgan fingerprint density at radius 1 is 0.862 bits per heavy atom. The van der Waals surface area contributed by atoms with Crippen LogP contribution in [-0.2, 0) is 16.8 Å². The van der Waals surface area contributed by atoms with Gasteiger partial charge in [0.15, 0.2) is 10.3 Å². The van der Waals surface area contributed by atoms with E-state index in [2.05, 4.69) is 11.8 Å². The van der Waals surface area contributed by atoms with Crippen molar-refractivity contribution in [2.24, 2.45) is 0 Å². The molecular formula is C22H29KN2O3S. The van der Waals surface area contributed by atoms with E-state index >= 15 is 0 Å². The van der Waals surface area contributed by atoms with Crippen molar-refractivity contribution in [3.63, 3.8) is 0 Å². The molecule has 0 fully saturated rings. The van der Waals surface area contributed by atoms with Gasteiger partial charge in [-0.05, 0) is 30.5 Å². The molecule has 1 unspecified atom stereocenters. The summed E-state index contributed by atoms with van der Waals surface area (Å²) < 4.78 is 37.4. The Kier molecular flexibility index (Phi) is 10.1. The first-order valence-corrected chi connectivity index (χ1v) is 11.5. The molecule has 0 aromatic heterocycles. The molecule has 0 bridgehead atoms. The number of fused-ring (bicyclic) bond motifs is 1. The van der Waals surface area contributed by atoms with Gasteiger partial charge in [0.1, 0.15) is 6.17 Å². The number of unbranched alkanes of at least 4 members (excludes halogenated alkanes) is 5. The first-order chi connectivity index (χ1) is 13.5. The Bertz CT molecular complexity index is 861. The summed E-state index contributed by atoms with van der Waals surface area (Å²) in [7, 11) is -4.60. The van der Waals surface area contributed by atoms with Crippen LogP contribution < -0.4 is 60.6 Å². The number of hydrogen-bond donors (Lipinski definition) is 0. The van der Waals surface area contributed by atoms with E-state index in [-0.39, 0.29) is 51.4 Å². The second kappa shape index (κ2) is 11.8. The van der Waals surface area contributed by atoms with Gasteiger partial charge in [-0.2, -0.15) is 0 Å². The summed E-state index contributed by atoms with van der Waals surface area (Å²) in [5.74, 6) is 0. The minimum Gasteiger partial charge on any atom is -0.731 e. The van der Waals surface area contributed by atoms with Crippen molar-refractivity contribution >= 4 is 21.7 Å². The summed E-state index contributed by atoms with van der Waals surface area (Å²) in [5, 5.41) is 0. The van der Waals surface area contributed by atoms with Gasteiger partial charge in [0.05, 0.1) is 11.4 Å². The van der Waals surface area contributed by atoms with Crippen LogP contribution in [0.2, 0.25) is 0 Å². The van der Waals surface area contributed by atoms with E-state index in [4.69, 9.17) is 0 Å². The minimum atomic E-state index is -4.60.